The normalized spacial score (nSPS) is 14.1. The average molecular weight is 574 g/mol. The number of nitrogens with zero attached hydrogens (tertiary/aromatic N) is 1. The van der Waals surface area contributed by atoms with Crippen LogP contribution in [-0.4, -0.2) is 0 Å². The van der Waals surface area contributed by atoms with Gasteiger partial charge in [0.15, 0.2) is 46.0 Å². The minimum Gasteiger partial charge on any atom is -0.450 e. The Hall–Kier alpha value is -5.68. The van der Waals surface area contributed by atoms with Gasteiger partial charge in [0.25, 0.3) is 0 Å². The molecule has 5 heteroatoms. The smallest absolute Gasteiger partial charge is 0.172 e. The van der Waals surface area contributed by atoms with Crippen LogP contribution >= 0.6 is 0 Å². The van der Waals surface area contributed by atoms with Crippen LogP contribution in [0.2, 0.25) is 0 Å². The highest BCUT2D eigenvalue weighted by Gasteiger charge is 2.36. The van der Waals surface area contributed by atoms with Crippen molar-refractivity contribution in [2.24, 2.45) is 0 Å². The van der Waals surface area contributed by atoms with Gasteiger partial charge in [-0.25, -0.2) is 0 Å². The molecule has 0 fully saturated rings. The molecule has 9 rings (SSSR count). The van der Waals surface area contributed by atoms with Crippen molar-refractivity contribution < 1.29 is 18.9 Å². The summed E-state index contributed by atoms with van der Waals surface area (Å²) >= 11 is 0. The quantitative estimate of drug-likeness (QED) is 0.210. The first kappa shape index (κ1) is 24.9. The van der Waals surface area contributed by atoms with Gasteiger partial charge in [-0.3, -0.25) is 0 Å². The van der Waals surface area contributed by atoms with E-state index in [-0.39, 0.29) is 5.41 Å². The van der Waals surface area contributed by atoms with Crippen molar-refractivity contribution >= 4 is 17.1 Å². The number of para-hydroxylation sites is 4. The van der Waals surface area contributed by atoms with E-state index in [1.54, 1.807) is 0 Å². The molecule has 0 spiro atoms. The van der Waals surface area contributed by atoms with Gasteiger partial charge in [0.1, 0.15) is 0 Å². The highest BCUT2D eigenvalue weighted by atomic mass is 16.6. The summed E-state index contributed by atoms with van der Waals surface area (Å²) in [4.78, 5) is 2.23. The zero-order valence-corrected chi connectivity index (χ0v) is 24.2. The molecule has 212 valence electrons. The maximum absolute atomic E-state index is 6.32. The van der Waals surface area contributed by atoms with E-state index < -0.39 is 0 Å². The van der Waals surface area contributed by atoms with Crippen LogP contribution in [0.25, 0.3) is 11.1 Å². The highest BCUT2D eigenvalue weighted by Crippen LogP contribution is 2.53. The number of rotatable bonds is 3. The first-order valence-electron chi connectivity index (χ1n) is 14.7. The summed E-state index contributed by atoms with van der Waals surface area (Å²) in [5.74, 6) is 5.47. The van der Waals surface area contributed by atoms with Crippen LogP contribution in [0.3, 0.4) is 0 Å². The molecule has 3 aliphatic rings. The van der Waals surface area contributed by atoms with Crippen molar-refractivity contribution in [1.82, 2.24) is 0 Å². The number of benzene rings is 6. The predicted molar refractivity (Wildman–Crippen MR) is 172 cm³/mol. The minimum atomic E-state index is -0.138. The Morgan fingerprint density at radius 3 is 1.36 bits per heavy atom. The van der Waals surface area contributed by atoms with Gasteiger partial charge < -0.3 is 23.8 Å². The molecule has 0 amide bonds. The van der Waals surface area contributed by atoms with E-state index in [4.69, 9.17) is 18.9 Å². The molecule has 6 aromatic rings. The van der Waals surface area contributed by atoms with Crippen molar-refractivity contribution in [3.63, 3.8) is 0 Å². The molecule has 1 aliphatic carbocycles. The largest absolute Gasteiger partial charge is 0.450 e. The topological polar surface area (TPSA) is 40.2 Å². The zero-order valence-electron chi connectivity index (χ0n) is 24.2. The second kappa shape index (κ2) is 9.16. The maximum Gasteiger partial charge on any atom is 0.172 e. The fraction of sp³-hybridized carbons (Fsp3) is 0.0769. The van der Waals surface area contributed by atoms with Crippen LogP contribution in [0.15, 0.2) is 127 Å². The van der Waals surface area contributed by atoms with Gasteiger partial charge in [0, 0.05) is 23.2 Å². The lowest BCUT2D eigenvalue weighted by molar-refractivity contribution is 0.359. The molecular formula is C39H27NO4. The second-order valence-corrected chi connectivity index (χ2v) is 11.8. The van der Waals surface area contributed by atoms with E-state index >= 15 is 0 Å². The molecule has 0 N–H and O–H groups in total. The number of hydrogen-bond donors (Lipinski definition) is 0. The molecule has 0 saturated heterocycles. The third-order valence-electron chi connectivity index (χ3n) is 8.77. The number of fused-ring (bicyclic) bond motifs is 7. The number of anilines is 3. The van der Waals surface area contributed by atoms with Gasteiger partial charge in [-0.15, -0.1) is 0 Å². The van der Waals surface area contributed by atoms with Gasteiger partial charge in [0.05, 0.1) is 11.4 Å². The summed E-state index contributed by atoms with van der Waals surface area (Å²) in [5, 5.41) is 0. The van der Waals surface area contributed by atoms with Crippen LogP contribution < -0.4 is 23.8 Å². The maximum atomic E-state index is 6.32. The third kappa shape index (κ3) is 3.72. The lowest BCUT2D eigenvalue weighted by Gasteiger charge is -2.30. The summed E-state index contributed by atoms with van der Waals surface area (Å²) in [5.41, 5.74) is 7.94. The van der Waals surface area contributed by atoms with E-state index in [0.717, 1.165) is 17.1 Å². The van der Waals surface area contributed by atoms with Crippen molar-refractivity contribution in [3.05, 3.63) is 139 Å². The van der Waals surface area contributed by atoms with E-state index in [1.807, 2.05) is 72.8 Å². The Kier molecular flexibility index (Phi) is 5.18. The summed E-state index contributed by atoms with van der Waals surface area (Å²) in [6.45, 7) is 4.60. The molecule has 6 aromatic carbocycles. The van der Waals surface area contributed by atoms with Crippen LogP contribution in [0.4, 0.5) is 17.1 Å². The van der Waals surface area contributed by atoms with E-state index in [9.17, 15) is 0 Å². The number of hydrogen-bond acceptors (Lipinski definition) is 5. The van der Waals surface area contributed by atoms with Crippen LogP contribution in [0.1, 0.15) is 25.0 Å². The summed E-state index contributed by atoms with van der Waals surface area (Å²) < 4.78 is 25.0. The predicted octanol–water partition coefficient (Wildman–Crippen LogP) is 11.3. The van der Waals surface area contributed by atoms with Gasteiger partial charge in [-0.05, 0) is 82.9 Å². The SMILES string of the molecule is CC1(C)c2ccccc2-c2ccc(N(c3ccc4c(c3)Oc3ccccc3O4)c3ccc4c(c3)Oc3ccccc3O4)cc21. The third-order valence-corrected chi connectivity index (χ3v) is 8.77. The van der Waals surface area contributed by atoms with Crippen LogP contribution in [0, 0.1) is 0 Å². The first-order valence-corrected chi connectivity index (χ1v) is 14.7. The lowest BCUT2D eigenvalue weighted by Crippen LogP contribution is -2.16. The Bertz CT molecular complexity index is 2030. The van der Waals surface area contributed by atoms with Crippen molar-refractivity contribution in [1.29, 1.82) is 0 Å². The molecule has 0 aromatic heterocycles. The molecule has 5 nitrogen and oxygen atoms in total. The fourth-order valence-corrected chi connectivity index (χ4v) is 6.59. The lowest BCUT2D eigenvalue weighted by atomic mass is 9.82. The monoisotopic (exact) mass is 573 g/mol. The molecular weight excluding hydrogens is 546 g/mol. The van der Waals surface area contributed by atoms with Crippen molar-refractivity contribution in [2.45, 2.75) is 19.3 Å². The van der Waals surface area contributed by atoms with E-state index in [1.165, 1.54) is 22.3 Å². The van der Waals surface area contributed by atoms with E-state index in [0.29, 0.717) is 46.0 Å². The molecule has 0 unspecified atom stereocenters. The van der Waals surface area contributed by atoms with Crippen molar-refractivity contribution in [3.8, 4) is 57.1 Å². The summed E-state index contributed by atoms with van der Waals surface area (Å²) in [7, 11) is 0. The molecule has 0 atom stereocenters. The van der Waals surface area contributed by atoms with Crippen LogP contribution in [-0.2, 0) is 5.41 Å². The molecule has 0 bridgehead atoms. The summed E-state index contributed by atoms with van der Waals surface area (Å²) in [6, 6.07) is 43.0. The Labute approximate surface area is 255 Å². The molecule has 2 heterocycles. The summed E-state index contributed by atoms with van der Waals surface area (Å²) in [6.07, 6.45) is 0. The zero-order chi connectivity index (χ0) is 29.4. The van der Waals surface area contributed by atoms with Crippen molar-refractivity contribution in [2.75, 3.05) is 4.90 Å². The Morgan fingerprint density at radius 1 is 0.386 bits per heavy atom. The van der Waals surface area contributed by atoms with Gasteiger partial charge in [-0.2, -0.15) is 0 Å². The van der Waals surface area contributed by atoms with Gasteiger partial charge in [-0.1, -0.05) is 68.4 Å². The van der Waals surface area contributed by atoms with Gasteiger partial charge in [0.2, 0.25) is 0 Å². The molecule has 44 heavy (non-hydrogen) atoms. The highest BCUT2D eigenvalue weighted by molar-refractivity contribution is 5.86. The Balaban J connectivity index is 1.19. The molecule has 2 aliphatic heterocycles. The molecule has 0 radical (unpaired) electrons. The molecule has 0 saturated carbocycles. The second-order valence-electron chi connectivity index (χ2n) is 11.8. The van der Waals surface area contributed by atoms with Gasteiger partial charge >= 0.3 is 0 Å². The standard InChI is InChI=1S/C39H27NO4/c1-39(2)29-10-4-3-9-27(29)28-18-15-24(21-30(28)39)40(25-16-19-35-37(22-25)43-33-13-7-5-11-31(33)41-35)26-17-20-36-38(23-26)44-34-14-8-6-12-32(34)42-36/h3-23H,1-2H3. The fourth-order valence-electron chi connectivity index (χ4n) is 6.59. The minimum absolute atomic E-state index is 0.138. The first-order chi connectivity index (χ1) is 21.5. The number of ether oxygens (including phenoxy) is 4. The Morgan fingerprint density at radius 2 is 0.795 bits per heavy atom. The van der Waals surface area contributed by atoms with E-state index in [2.05, 4.69) is 73.3 Å². The average Bonchev–Trinajstić information content (AvgIpc) is 3.28. The van der Waals surface area contributed by atoms with Crippen LogP contribution in [0.5, 0.6) is 46.0 Å².